The van der Waals surface area contributed by atoms with Gasteiger partial charge in [0.1, 0.15) is 24.2 Å². The molecule has 1 atom stereocenters. The van der Waals surface area contributed by atoms with Crippen LogP contribution in [-0.2, 0) is 27.8 Å². The van der Waals surface area contributed by atoms with E-state index < -0.39 is 16.0 Å². The van der Waals surface area contributed by atoms with Crippen molar-refractivity contribution in [2.45, 2.75) is 50.7 Å². The third-order valence-electron chi connectivity index (χ3n) is 5.51. The van der Waals surface area contributed by atoms with Crippen molar-refractivity contribution >= 4 is 16.0 Å². The Kier molecular flexibility index (Phi) is 6.20. The van der Waals surface area contributed by atoms with Crippen LogP contribution in [0.3, 0.4) is 0 Å². The Balaban J connectivity index is 1.50. The number of sulfonamides is 1. The first kappa shape index (κ1) is 21.6. The number of rotatable bonds is 7. The molecule has 0 aromatic heterocycles. The van der Waals surface area contributed by atoms with E-state index in [2.05, 4.69) is 0 Å². The summed E-state index contributed by atoms with van der Waals surface area (Å²) < 4.78 is 44.1. The van der Waals surface area contributed by atoms with E-state index in [0.717, 1.165) is 30.6 Å². The fourth-order valence-corrected chi connectivity index (χ4v) is 5.54. The standard InChI is InChI=1S/C23H27NO6S/c1-3-28-21-13-18-11-16(2)30-22(18)14-19(21)15-29-23(25)17-7-6-8-20(12-17)31(26,27)24-9-4-5-10-24/h6-8,12-14,16H,3-5,9-11,15H2,1-2H3. The summed E-state index contributed by atoms with van der Waals surface area (Å²) in [5.41, 5.74) is 1.99. The molecule has 31 heavy (non-hydrogen) atoms. The molecule has 2 aliphatic rings. The first-order chi connectivity index (χ1) is 14.9. The summed E-state index contributed by atoms with van der Waals surface area (Å²) in [4.78, 5) is 12.8. The molecule has 2 aromatic carbocycles. The van der Waals surface area contributed by atoms with E-state index in [1.165, 1.54) is 16.4 Å². The van der Waals surface area contributed by atoms with E-state index in [1.807, 2.05) is 26.0 Å². The highest BCUT2D eigenvalue weighted by Crippen LogP contribution is 2.35. The fraction of sp³-hybridized carbons (Fsp3) is 0.435. The molecule has 8 heteroatoms. The maximum Gasteiger partial charge on any atom is 0.338 e. The molecular formula is C23H27NO6S. The molecule has 1 saturated heterocycles. The summed E-state index contributed by atoms with van der Waals surface area (Å²) in [6.45, 7) is 5.42. The van der Waals surface area contributed by atoms with Crippen molar-refractivity contribution in [3.05, 3.63) is 53.1 Å². The topological polar surface area (TPSA) is 82.1 Å². The quantitative estimate of drug-likeness (QED) is 0.606. The molecule has 7 nitrogen and oxygen atoms in total. The first-order valence-electron chi connectivity index (χ1n) is 10.6. The molecule has 2 heterocycles. The van der Waals surface area contributed by atoms with Crippen molar-refractivity contribution in [3.63, 3.8) is 0 Å². The molecule has 0 aliphatic carbocycles. The average molecular weight is 446 g/mol. The van der Waals surface area contributed by atoms with Crippen LogP contribution in [0.1, 0.15) is 48.2 Å². The van der Waals surface area contributed by atoms with Gasteiger partial charge in [-0.1, -0.05) is 6.07 Å². The maximum atomic E-state index is 12.8. The van der Waals surface area contributed by atoms with E-state index in [-0.39, 0.29) is 23.2 Å². The minimum atomic E-state index is -3.60. The lowest BCUT2D eigenvalue weighted by atomic mass is 10.1. The van der Waals surface area contributed by atoms with Gasteiger partial charge in [-0.05, 0) is 57.0 Å². The van der Waals surface area contributed by atoms with Crippen LogP contribution < -0.4 is 9.47 Å². The molecule has 0 N–H and O–H groups in total. The third-order valence-corrected chi connectivity index (χ3v) is 7.40. The zero-order valence-electron chi connectivity index (χ0n) is 17.8. The van der Waals surface area contributed by atoms with Crippen LogP contribution in [-0.4, -0.2) is 44.5 Å². The number of esters is 1. The zero-order chi connectivity index (χ0) is 22.0. The fourth-order valence-electron chi connectivity index (χ4n) is 3.97. The first-order valence-corrected chi connectivity index (χ1v) is 12.0. The van der Waals surface area contributed by atoms with Gasteiger partial charge in [0.15, 0.2) is 0 Å². The van der Waals surface area contributed by atoms with Crippen molar-refractivity contribution in [3.8, 4) is 11.5 Å². The summed E-state index contributed by atoms with van der Waals surface area (Å²) in [6, 6.07) is 9.81. The zero-order valence-corrected chi connectivity index (χ0v) is 18.6. The number of hydrogen-bond donors (Lipinski definition) is 0. The van der Waals surface area contributed by atoms with Gasteiger partial charge in [-0.25, -0.2) is 13.2 Å². The Labute approximate surface area is 183 Å². The summed E-state index contributed by atoms with van der Waals surface area (Å²) in [6.07, 6.45) is 2.62. The number of nitrogens with zero attached hydrogens (tertiary/aromatic N) is 1. The molecule has 0 radical (unpaired) electrons. The number of carbonyl (C=O) groups is 1. The Morgan fingerprint density at radius 2 is 1.97 bits per heavy atom. The maximum absolute atomic E-state index is 12.8. The van der Waals surface area contributed by atoms with Crippen molar-refractivity contribution in [1.82, 2.24) is 4.31 Å². The molecular weight excluding hydrogens is 418 g/mol. The van der Waals surface area contributed by atoms with Crippen LogP contribution in [0.4, 0.5) is 0 Å². The van der Waals surface area contributed by atoms with Crippen LogP contribution in [0.15, 0.2) is 41.3 Å². The van der Waals surface area contributed by atoms with E-state index >= 15 is 0 Å². The molecule has 1 fully saturated rings. The van der Waals surface area contributed by atoms with Crippen LogP contribution in [0, 0.1) is 0 Å². The van der Waals surface area contributed by atoms with Crippen molar-refractivity contribution in [2.24, 2.45) is 0 Å². The van der Waals surface area contributed by atoms with E-state index in [1.54, 1.807) is 12.1 Å². The summed E-state index contributed by atoms with van der Waals surface area (Å²) >= 11 is 0. The van der Waals surface area contributed by atoms with Gasteiger partial charge in [-0.3, -0.25) is 0 Å². The largest absolute Gasteiger partial charge is 0.493 e. The second kappa shape index (κ2) is 8.88. The van der Waals surface area contributed by atoms with Gasteiger partial charge >= 0.3 is 5.97 Å². The second-order valence-corrected chi connectivity index (χ2v) is 9.79. The highest BCUT2D eigenvalue weighted by molar-refractivity contribution is 7.89. The number of carbonyl (C=O) groups excluding carboxylic acids is 1. The highest BCUT2D eigenvalue weighted by atomic mass is 32.2. The average Bonchev–Trinajstić information content (AvgIpc) is 3.41. The van der Waals surface area contributed by atoms with Crippen LogP contribution in [0.5, 0.6) is 11.5 Å². The predicted molar refractivity (Wildman–Crippen MR) is 115 cm³/mol. The Morgan fingerprint density at radius 3 is 2.71 bits per heavy atom. The van der Waals surface area contributed by atoms with Crippen LogP contribution in [0.2, 0.25) is 0 Å². The van der Waals surface area contributed by atoms with Gasteiger partial charge in [-0.2, -0.15) is 4.31 Å². The number of fused-ring (bicyclic) bond motifs is 1. The molecule has 2 aromatic rings. The lowest BCUT2D eigenvalue weighted by Gasteiger charge is -2.16. The van der Waals surface area contributed by atoms with Gasteiger partial charge < -0.3 is 14.2 Å². The summed E-state index contributed by atoms with van der Waals surface area (Å²) in [7, 11) is -3.60. The van der Waals surface area contributed by atoms with Crippen LogP contribution >= 0.6 is 0 Å². The van der Waals surface area contributed by atoms with E-state index in [9.17, 15) is 13.2 Å². The van der Waals surface area contributed by atoms with Crippen molar-refractivity contribution in [2.75, 3.05) is 19.7 Å². The van der Waals surface area contributed by atoms with Gasteiger partial charge in [0.2, 0.25) is 10.0 Å². The smallest absolute Gasteiger partial charge is 0.338 e. The monoisotopic (exact) mass is 445 g/mol. The van der Waals surface area contributed by atoms with Gasteiger partial charge in [0.25, 0.3) is 0 Å². The van der Waals surface area contributed by atoms with Crippen molar-refractivity contribution in [1.29, 1.82) is 0 Å². The van der Waals surface area contributed by atoms with Crippen LogP contribution in [0.25, 0.3) is 0 Å². The molecule has 0 spiro atoms. The van der Waals surface area contributed by atoms with Gasteiger partial charge in [-0.15, -0.1) is 0 Å². The molecule has 0 amide bonds. The molecule has 2 aliphatic heterocycles. The van der Waals surface area contributed by atoms with E-state index in [4.69, 9.17) is 14.2 Å². The Morgan fingerprint density at radius 1 is 1.19 bits per heavy atom. The molecule has 0 saturated carbocycles. The number of ether oxygens (including phenoxy) is 3. The van der Waals surface area contributed by atoms with Crippen molar-refractivity contribution < 1.29 is 27.4 Å². The number of benzene rings is 2. The molecule has 0 bridgehead atoms. The Hall–Kier alpha value is -2.58. The molecule has 4 rings (SSSR count). The predicted octanol–water partition coefficient (Wildman–Crippen LogP) is 3.55. The lowest BCUT2D eigenvalue weighted by Crippen LogP contribution is -2.28. The number of hydrogen-bond acceptors (Lipinski definition) is 6. The summed E-state index contributed by atoms with van der Waals surface area (Å²) in [5.74, 6) is 0.855. The molecule has 1 unspecified atom stereocenters. The summed E-state index contributed by atoms with van der Waals surface area (Å²) in [5, 5.41) is 0. The normalized spacial score (nSPS) is 18.5. The molecule has 166 valence electrons. The Bertz CT molecular complexity index is 1080. The minimum absolute atomic E-state index is 0.00227. The highest BCUT2D eigenvalue weighted by Gasteiger charge is 2.28. The SMILES string of the molecule is CCOc1cc2c(cc1COC(=O)c1cccc(S(=O)(=O)N3CCCC3)c1)OC(C)C2. The van der Waals surface area contributed by atoms with Gasteiger partial charge in [0, 0.05) is 30.6 Å². The van der Waals surface area contributed by atoms with Gasteiger partial charge in [0.05, 0.1) is 17.1 Å². The lowest BCUT2D eigenvalue weighted by molar-refractivity contribution is 0.0469. The third kappa shape index (κ3) is 4.55. The minimum Gasteiger partial charge on any atom is -0.493 e. The van der Waals surface area contributed by atoms with E-state index in [0.29, 0.717) is 31.0 Å². The second-order valence-electron chi connectivity index (χ2n) is 7.85.